The molecule has 0 saturated carbocycles. The van der Waals surface area contributed by atoms with Crippen LogP contribution in [0.1, 0.15) is 23.1 Å². The van der Waals surface area contributed by atoms with Gasteiger partial charge in [-0.1, -0.05) is 6.92 Å². The average Bonchev–Trinajstić information content (AvgIpc) is 2.82. The second-order valence-corrected chi connectivity index (χ2v) is 6.49. The fourth-order valence-corrected chi connectivity index (χ4v) is 3.18. The van der Waals surface area contributed by atoms with Crippen molar-refractivity contribution in [3.8, 4) is 0 Å². The van der Waals surface area contributed by atoms with E-state index in [1.165, 1.54) is 10.4 Å². The van der Waals surface area contributed by atoms with Crippen LogP contribution >= 0.6 is 27.3 Å². The summed E-state index contributed by atoms with van der Waals surface area (Å²) in [5.74, 6) is 1.02. The van der Waals surface area contributed by atoms with E-state index in [2.05, 4.69) is 56.2 Å². The van der Waals surface area contributed by atoms with Gasteiger partial charge in [-0.3, -0.25) is 0 Å². The number of anilines is 1. The number of aryl methyl sites for hydroxylation is 1. The van der Waals surface area contributed by atoms with Crippen molar-refractivity contribution in [2.45, 2.75) is 26.9 Å². The lowest BCUT2D eigenvalue weighted by Gasteiger charge is -2.21. The van der Waals surface area contributed by atoms with Gasteiger partial charge in [0, 0.05) is 34.7 Å². The van der Waals surface area contributed by atoms with E-state index in [9.17, 15) is 0 Å². The highest BCUT2D eigenvalue weighted by molar-refractivity contribution is 9.10. The highest BCUT2D eigenvalue weighted by Crippen LogP contribution is 2.23. The zero-order valence-corrected chi connectivity index (χ0v) is 14.4. The lowest BCUT2D eigenvalue weighted by Crippen LogP contribution is -2.22. The molecule has 0 amide bonds. The molecule has 0 spiro atoms. The standard InChI is InChI=1S/C14H19BrN4S/c1-4-16-6-11-5-12(15)7-17-14(11)19(3)8-13-10(2)18-9-20-13/h5,7,9,16H,4,6,8H2,1-3H3. The monoisotopic (exact) mass is 354 g/mol. The molecule has 2 heterocycles. The summed E-state index contributed by atoms with van der Waals surface area (Å²) < 4.78 is 1.01. The number of nitrogens with one attached hydrogen (secondary N) is 1. The van der Waals surface area contributed by atoms with Crippen LogP contribution in [0.4, 0.5) is 5.82 Å². The third-order valence-electron chi connectivity index (χ3n) is 3.06. The van der Waals surface area contributed by atoms with Crippen molar-refractivity contribution < 1.29 is 0 Å². The molecule has 0 aliphatic carbocycles. The Morgan fingerprint density at radius 2 is 2.20 bits per heavy atom. The van der Waals surface area contributed by atoms with Crippen LogP contribution in [0, 0.1) is 6.92 Å². The molecule has 0 bridgehead atoms. The fourth-order valence-electron chi connectivity index (χ4n) is 1.98. The van der Waals surface area contributed by atoms with Gasteiger partial charge in [-0.2, -0.15) is 0 Å². The highest BCUT2D eigenvalue weighted by atomic mass is 79.9. The summed E-state index contributed by atoms with van der Waals surface area (Å²) in [6.45, 7) is 6.77. The van der Waals surface area contributed by atoms with Crippen molar-refractivity contribution in [1.82, 2.24) is 15.3 Å². The van der Waals surface area contributed by atoms with Crippen molar-refractivity contribution in [2.24, 2.45) is 0 Å². The SMILES string of the molecule is CCNCc1cc(Br)cnc1N(C)Cc1scnc1C. The number of pyridine rings is 1. The Bertz CT molecular complexity index is 570. The largest absolute Gasteiger partial charge is 0.354 e. The van der Waals surface area contributed by atoms with Gasteiger partial charge in [-0.25, -0.2) is 9.97 Å². The minimum absolute atomic E-state index is 0.824. The van der Waals surface area contributed by atoms with E-state index in [-0.39, 0.29) is 0 Å². The van der Waals surface area contributed by atoms with E-state index in [0.717, 1.165) is 35.6 Å². The van der Waals surface area contributed by atoms with Crippen LogP contribution in [0.25, 0.3) is 0 Å². The van der Waals surface area contributed by atoms with Crippen molar-refractivity contribution >= 4 is 33.1 Å². The first-order valence-electron chi connectivity index (χ1n) is 6.57. The highest BCUT2D eigenvalue weighted by Gasteiger charge is 2.12. The summed E-state index contributed by atoms with van der Waals surface area (Å²) in [7, 11) is 2.07. The third kappa shape index (κ3) is 3.77. The molecule has 4 nitrogen and oxygen atoms in total. The quantitative estimate of drug-likeness (QED) is 0.863. The van der Waals surface area contributed by atoms with Crippen molar-refractivity contribution in [3.05, 3.63) is 38.4 Å². The molecule has 0 saturated heterocycles. The Balaban J connectivity index is 2.20. The zero-order chi connectivity index (χ0) is 14.5. The first-order valence-corrected chi connectivity index (χ1v) is 8.24. The molecule has 0 radical (unpaired) electrons. The van der Waals surface area contributed by atoms with E-state index >= 15 is 0 Å². The number of hydrogen-bond acceptors (Lipinski definition) is 5. The third-order valence-corrected chi connectivity index (χ3v) is 4.42. The molecular weight excluding hydrogens is 336 g/mol. The van der Waals surface area contributed by atoms with E-state index in [1.807, 2.05) is 18.6 Å². The van der Waals surface area contributed by atoms with Gasteiger partial charge < -0.3 is 10.2 Å². The maximum absolute atomic E-state index is 4.56. The molecule has 6 heteroatoms. The van der Waals surface area contributed by atoms with Gasteiger partial charge in [0.2, 0.25) is 0 Å². The number of rotatable bonds is 6. The molecule has 2 aromatic heterocycles. The number of nitrogens with zero attached hydrogens (tertiary/aromatic N) is 3. The summed E-state index contributed by atoms with van der Waals surface area (Å²) >= 11 is 5.19. The molecule has 0 fully saturated rings. The van der Waals surface area contributed by atoms with Crippen LogP contribution in [0.3, 0.4) is 0 Å². The molecule has 2 rings (SSSR count). The first-order chi connectivity index (χ1) is 9.61. The molecule has 20 heavy (non-hydrogen) atoms. The summed E-state index contributed by atoms with van der Waals surface area (Å²) in [6, 6.07) is 2.13. The number of halogens is 1. The van der Waals surface area contributed by atoms with Crippen LogP contribution in [-0.4, -0.2) is 23.6 Å². The topological polar surface area (TPSA) is 41.1 Å². The maximum atomic E-state index is 4.56. The molecule has 2 aromatic rings. The summed E-state index contributed by atoms with van der Waals surface area (Å²) in [5, 5.41) is 3.36. The predicted molar refractivity (Wildman–Crippen MR) is 88.3 cm³/mol. The lowest BCUT2D eigenvalue weighted by atomic mass is 10.2. The molecule has 1 N–H and O–H groups in total. The maximum Gasteiger partial charge on any atom is 0.133 e. The molecule has 0 atom stereocenters. The number of aromatic nitrogens is 2. The molecule has 0 aliphatic heterocycles. The van der Waals surface area contributed by atoms with Crippen LogP contribution < -0.4 is 10.2 Å². The van der Waals surface area contributed by atoms with Crippen LogP contribution in [0.15, 0.2) is 22.2 Å². The first kappa shape index (κ1) is 15.4. The van der Waals surface area contributed by atoms with Crippen LogP contribution in [-0.2, 0) is 13.1 Å². The Morgan fingerprint density at radius 1 is 1.40 bits per heavy atom. The molecule has 108 valence electrons. The van der Waals surface area contributed by atoms with E-state index in [1.54, 1.807) is 11.3 Å². The predicted octanol–water partition coefficient (Wildman–Crippen LogP) is 3.35. The van der Waals surface area contributed by atoms with Gasteiger partial charge in [0.15, 0.2) is 0 Å². The van der Waals surface area contributed by atoms with E-state index in [4.69, 9.17) is 0 Å². The van der Waals surface area contributed by atoms with Crippen LogP contribution in [0.2, 0.25) is 0 Å². The van der Waals surface area contributed by atoms with Gasteiger partial charge in [0.05, 0.1) is 17.7 Å². The number of hydrogen-bond donors (Lipinski definition) is 1. The van der Waals surface area contributed by atoms with Gasteiger partial charge in [-0.05, 0) is 35.5 Å². The van der Waals surface area contributed by atoms with Crippen molar-refractivity contribution in [2.75, 3.05) is 18.5 Å². The summed E-state index contributed by atoms with van der Waals surface area (Å²) in [4.78, 5) is 12.3. The van der Waals surface area contributed by atoms with Gasteiger partial charge in [0.1, 0.15) is 5.82 Å². The minimum Gasteiger partial charge on any atom is -0.354 e. The summed E-state index contributed by atoms with van der Waals surface area (Å²) in [5.41, 5.74) is 4.20. The molecule has 0 aromatic carbocycles. The molecule has 0 unspecified atom stereocenters. The Hall–Kier alpha value is -0.980. The van der Waals surface area contributed by atoms with Gasteiger partial charge >= 0.3 is 0 Å². The Kier molecular flexibility index (Phi) is 5.51. The van der Waals surface area contributed by atoms with Crippen molar-refractivity contribution in [3.63, 3.8) is 0 Å². The average molecular weight is 355 g/mol. The smallest absolute Gasteiger partial charge is 0.133 e. The normalized spacial score (nSPS) is 10.8. The molecule has 0 aliphatic rings. The zero-order valence-electron chi connectivity index (χ0n) is 12.0. The second kappa shape index (κ2) is 7.15. The lowest BCUT2D eigenvalue weighted by molar-refractivity contribution is 0.719. The van der Waals surface area contributed by atoms with Crippen LogP contribution in [0.5, 0.6) is 0 Å². The fraction of sp³-hybridized carbons (Fsp3) is 0.429. The molecular formula is C14H19BrN4S. The summed E-state index contributed by atoms with van der Waals surface area (Å²) in [6.07, 6.45) is 1.85. The van der Waals surface area contributed by atoms with Crippen molar-refractivity contribution in [1.29, 1.82) is 0 Å². The minimum atomic E-state index is 0.824. The van der Waals surface area contributed by atoms with E-state index < -0.39 is 0 Å². The van der Waals surface area contributed by atoms with Gasteiger partial charge in [-0.15, -0.1) is 11.3 Å². The van der Waals surface area contributed by atoms with E-state index in [0.29, 0.717) is 0 Å². The number of thiazole rings is 1. The second-order valence-electron chi connectivity index (χ2n) is 4.63. The Morgan fingerprint density at radius 3 is 2.85 bits per heavy atom. The Labute approximate surface area is 132 Å². The van der Waals surface area contributed by atoms with Gasteiger partial charge in [0.25, 0.3) is 0 Å².